The molecule has 108 valence electrons. The Labute approximate surface area is 127 Å². The van der Waals surface area contributed by atoms with E-state index in [1.54, 1.807) is 13.8 Å². The zero-order valence-electron chi connectivity index (χ0n) is 12.1. The first-order valence-electron chi connectivity index (χ1n) is 6.69. The highest BCUT2D eigenvalue weighted by Gasteiger charge is 2.40. The highest BCUT2D eigenvalue weighted by atomic mass is 32.1. The number of rotatable bonds is 2. The lowest BCUT2D eigenvalue weighted by molar-refractivity contribution is -0.115. The van der Waals surface area contributed by atoms with Crippen molar-refractivity contribution in [2.75, 3.05) is 0 Å². The first-order chi connectivity index (χ1) is 9.90. The molecule has 0 spiro atoms. The van der Waals surface area contributed by atoms with Crippen LogP contribution in [0.2, 0.25) is 0 Å². The molecule has 4 nitrogen and oxygen atoms in total. The molecular formula is C16H16N2O2S. The highest BCUT2D eigenvalue weighted by molar-refractivity contribution is 7.15. The van der Waals surface area contributed by atoms with Crippen molar-refractivity contribution in [1.29, 1.82) is 0 Å². The van der Waals surface area contributed by atoms with Crippen LogP contribution in [-0.4, -0.2) is 21.5 Å². The van der Waals surface area contributed by atoms with Gasteiger partial charge in [-0.2, -0.15) is 0 Å². The van der Waals surface area contributed by atoms with Gasteiger partial charge < -0.3 is 10.4 Å². The van der Waals surface area contributed by atoms with Crippen molar-refractivity contribution in [3.05, 3.63) is 46.7 Å². The van der Waals surface area contributed by atoms with Gasteiger partial charge in [0, 0.05) is 10.4 Å². The van der Waals surface area contributed by atoms with Crippen LogP contribution in [0, 0.1) is 6.92 Å². The van der Waals surface area contributed by atoms with Gasteiger partial charge in [-0.05, 0) is 20.8 Å². The third-order valence-corrected chi connectivity index (χ3v) is 4.56. The number of aryl methyl sites for hydroxylation is 1. The molecule has 0 bridgehead atoms. The zero-order valence-corrected chi connectivity index (χ0v) is 12.9. The molecule has 1 aromatic heterocycles. The maximum Gasteiger partial charge on any atom is 0.257 e. The molecule has 0 unspecified atom stereocenters. The third kappa shape index (κ3) is 2.23. The monoisotopic (exact) mass is 300 g/mol. The largest absolute Gasteiger partial charge is 0.509 e. The quantitative estimate of drug-likeness (QED) is 0.894. The van der Waals surface area contributed by atoms with Crippen LogP contribution < -0.4 is 5.32 Å². The van der Waals surface area contributed by atoms with Crippen molar-refractivity contribution in [2.24, 2.45) is 0 Å². The third-order valence-electron chi connectivity index (χ3n) is 3.54. The minimum absolute atomic E-state index is 0.0560. The molecule has 0 saturated carbocycles. The normalized spacial score (nSPS) is 17.2. The number of aromatic nitrogens is 1. The van der Waals surface area contributed by atoms with Crippen LogP contribution in [0.4, 0.5) is 0 Å². The topological polar surface area (TPSA) is 62.2 Å². The van der Waals surface area contributed by atoms with Gasteiger partial charge in [0.05, 0.1) is 11.2 Å². The summed E-state index contributed by atoms with van der Waals surface area (Å²) in [7, 11) is 0. The number of carbonyl (C=O) groups is 1. The van der Waals surface area contributed by atoms with Crippen molar-refractivity contribution in [3.63, 3.8) is 0 Å². The predicted octanol–water partition coefficient (Wildman–Crippen LogP) is 3.30. The predicted molar refractivity (Wildman–Crippen MR) is 84.1 cm³/mol. The lowest BCUT2D eigenvalue weighted by Gasteiger charge is -2.17. The van der Waals surface area contributed by atoms with E-state index in [-0.39, 0.29) is 17.2 Å². The smallest absolute Gasteiger partial charge is 0.257 e. The SMILES string of the molecule is Cc1sc(-c2ccccc2)nc1C1=C(O)C(C)(C)NC1=O. The molecule has 3 rings (SSSR count). The van der Waals surface area contributed by atoms with Gasteiger partial charge >= 0.3 is 0 Å². The Kier molecular flexibility index (Phi) is 3.10. The fourth-order valence-electron chi connectivity index (χ4n) is 2.38. The summed E-state index contributed by atoms with van der Waals surface area (Å²) in [6, 6.07) is 9.82. The summed E-state index contributed by atoms with van der Waals surface area (Å²) in [5.41, 5.74) is 1.13. The van der Waals surface area contributed by atoms with E-state index >= 15 is 0 Å². The number of aliphatic hydroxyl groups excluding tert-OH is 1. The number of hydrogen-bond acceptors (Lipinski definition) is 4. The van der Waals surface area contributed by atoms with Gasteiger partial charge in [0.25, 0.3) is 5.91 Å². The number of nitrogens with zero attached hydrogens (tertiary/aromatic N) is 1. The van der Waals surface area contributed by atoms with Gasteiger partial charge in [0.2, 0.25) is 0 Å². The number of thiazole rings is 1. The van der Waals surface area contributed by atoms with Crippen LogP contribution in [0.25, 0.3) is 16.1 Å². The molecular weight excluding hydrogens is 284 g/mol. The number of nitrogens with one attached hydrogen (secondary N) is 1. The summed E-state index contributed by atoms with van der Waals surface area (Å²) in [5, 5.41) is 13.9. The number of hydrogen-bond donors (Lipinski definition) is 2. The van der Waals surface area contributed by atoms with Crippen LogP contribution in [0.5, 0.6) is 0 Å². The fourth-order valence-corrected chi connectivity index (χ4v) is 3.30. The van der Waals surface area contributed by atoms with E-state index in [9.17, 15) is 9.90 Å². The van der Waals surface area contributed by atoms with Crippen LogP contribution in [0.1, 0.15) is 24.4 Å². The summed E-state index contributed by atoms with van der Waals surface area (Å²) in [6.45, 7) is 5.46. The molecule has 0 saturated heterocycles. The van der Waals surface area contributed by atoms with Crippen molar-refractivity contribution >= 4 is 22.8 Å². The minimum Gasteiger partial charge on any atom is -0.509 e. The standard InChI is InChI=1S/C16H16N2O2S/c1-9-12(11-13(19)16(2,3)18-14(11)20)17-15(21-9)10-7-5-4-6-8-10/h4-8,19H,1-3H3,(H,18,20). The van der Waals surface area contributed by atoms with Gasteiger partial charge in [-0.15, -0.1) is 11.3 Å². The van der Waals surface area contributed by atoms with Crippen LogP contribution in [-0.2, 0) is 4.79 Å². The van der Waals surface area contributed by atoms with E-state index in [1.165, 1.54) is 11.3 Å². The molecule has 21 heavy (non-hydrogen) atoms. The molecule has 1 amide bonds. The first-order valence-corrected chi connectivity index (χ1v) is 7.51. The minimum atomic E-state index is -0.741. The van der Waals surface area contributed by atoms with Crippen LogP contribution in [0.3, 0.4) is 0 Å². The molecule has 2 aromatic rings. The Morgan fingerprint density at radius 1 is 1.24 bits per heavy atom. The average molecular weight is 300 g/mol. The van der Waals surface area contributed by atoms with E-state index in [0.29, 0.717) is 5.69 Å². The zero-order chi connectivity index (χ0) is 15.2. The second-order valence-corrected chi connectivity index (χ2v) is 6.80. The van der Waals surface area contributed by atoms with Crippen LogP contribution in [0.15, 0.2) is 36.1 Å². The number of amides is 1. The molecule has 0 atom stereocenters. The molecule has 1 aromatic carbocycles. The summed E-state index contributed by atoms with van der Waals surface area (Å²) in [5.74, 6) is -0.217. The lowest BCUT2D eigenvalue weighted by atomic mass is 10.0. The Hall–Kier alpha value is -2.14. The molecule has 0 aliphatic carbocycles. The van der Waals surface area contributed by atoms with Crippen LogP contribution >= 0.6 is 11.3 Å². The van der Waals surface area contributed by atoms with Gasteiger partial charge in [0.1, 0.15) is 16.3 Å². The summed E-state index contributed by atoms with van der Waals surface area (Å²) >= 11 is 1.52. The highest BCUT2D eigenvalue weighted by Crippen LogP contribution is 2.36. The molecule has 2 heterocycles. The summed E-state index contributed by atoms with van der Waals surface area (Å²) in [4.78, 5) is 17.6. The van der Waals surface area contributed by atoms with E-state index in [1.807, 2.05) is 37.3 Å². The molecule has 0 fully saturated rings. The second-order valence-electron chi connectivity index (χ2n) is 5.59. The molecule has 1 aliphatic heterocycles. The Bertz CT molecular complexity index is 745. The second kappa shape index (κ2) is 4.70. The van der Waals surface area contributed by atoms with Crippen molar-refractivity contribution in [2.45, 2.75) is 26.3 Å². The number of aliphatic hydroxyl groups is 1. The molecule has 5 heteroatoms. The molecule has 2 N–H and O–H groups in total. The Morgan fingerprint density at radius 2 is 1.90 bits per heavy atom. The van der Waals surface area contributed by atoms with E-state index < -0.39 is 5.54 Å². The van der Waals surface area contributed by atoms with Gasteiger partial charge in [-0.25, -0.2) is 4.98 Å². The fraction of sp³-hybridized carbons (Fsp3) is 0.250. The van der Waals surface area contributed by atoms with E-state index in [0.717, 1.165) is 15.4 Å². The van der Waals surface area contributed by atoms with E-state index in [2.05, 4.69) is 10.3 Å². The first kappa shape index (κ1) is 13.8. The Balaban J connectivity index is 2.11. The van der Waals surface area contributed by atoms with E-state index in [4.69, 9.17) is 0 Å². The molecule has 0 radical (unpaired) electrons. The van der Waals surface area contributed by atoms with Gasteiger partial charge in [-0.3, -0.25) is 4.79 Å². The summed E-state index contributed by atoms with van der Waals surface area (Å²) < 4.78 is 0. The van der Waals surface area contributed by atoms with Gasteiger partial charge in [-0.1, -0.05) is 30.3 Å². The number of carbonyl (C=O) groups excluding carboxylic acids is 1. The van der Waals surface area contributed by atoms with Crippen molar-refractivity contribution in [1.82, 2.24) is 10.3 Å². The lowest BCUT2D eigenvalue weighted by Crippen LogP contribution is -2.38. The maximum atomic E-state index is 12.1. The van der Waals surface area contributed by atoms with Crippen molar-refractivity contribution in [3.8, 4) is 10.6 Å². The maximum absolute atomic E-state index is 12.1. The van der Waals surface area contributed by atoms with Crippen molar-refractivity contribution < 1.29 is 9.90 Å². The average Bonchev–Trinajstić information content (AvgIpc) is 2.90. The number of benzene rings is 1. The Morgan fingerprint density at radius 3 is 2.48 bits per heavy atom. The molecule has 1 aliphatic rings. The van der Waals surface area contributed by atoms with Gasteiger partial charge in [0.15, 0.2) is 0 Å². The summed E-state index contributed by atoms with van der Waals surface area (Å²) in [6.07, 6.45) is 0.